The molecule has 0 spiro atoms. The van der Waals surface area contributed by atoms with Gasteiger partial charge in [0.15, 0.2) is 11.4 Å². The number of carboxylic acids is 1. The van der Waals surface area contributed by atoms with Gasteiger partial charge in [0.05, 0.1) is 6.54 Å². The molecule has 0 aliphatic carbocycles. The van der Waals surface area contributed by atoms with Crippen molar-refractivity contribution in [1.29, 1.82) is 0 Å². The summed E-state index contributed by atoms with van der Waals surface area (Å²) in [4.78, 5) is 23.5. The van der Waals surface area contributed by atoms with E-state index in [9.17, 15) is 9.90 Å². The molecule has 0 bridgehead atoms. The lowest BCUT2D eigenvalue weighted by atomic mass is 10.1. The normalized spacial score (nSPS) is 13.5. The Labute approximate surface area is 121 Å². The Kier molecular flexibility index (Phi) is 4.13. The Balaban J connectivity index is 2.22. The quantitative estimate of drug-likeness (QED) is 0.755. The number of aliphatic carboxylic acids is 1. The molecule has 2 aromatic heterocycles. The molecule has 3 N–H and O–H groups in total. The zero-order valence-corrected chi connectivity index (χ0v) is 11.7. The van der Waals surface area contributed by atoms with Gasteiger partial charge >= 0.3 is 5.97 Å². The summed E-state index contributed by atoms with van der Waals surface area (Å²) in [5, 5.41) is 21.4. The molecular weight excluding hydrogens is 272 g/mol. The van der Waals surface area contributed by atoms with Crippen molar-refractivity contribution < 1.29 is 15.0 Å². The van der Waals surface area contributed by atoms with Crippen LogP contribution in [0.1, 0.15) is 12.6 Å². The molecule has 21 heavy (non-hydrogen) atoms. The largest absolute Gasteiger partial charge is 0.479 e. The Morgan fingerprint density at radius 2 is 2.19 bits per heavy atom. The molecule has 2 rings (SSSR count). The fraction of sp³-hybridized carbons (Fsp3) is 0.286. The third-order valence-corrected chi connectivity index (χ3v) is 2.85. The summed E-state index contributed by atoms with van der Waals surface area (Å²) >= 11 is 0. The summed E-state index contributed by atoms with van der Waals surface area (Å²) in [7, 11) is 0. The van der Waals surface area contributed by atoms with Crippen LogP contribution in [0.25, 0.3) is 11.4 Å². The molecule has 0 radical (unpaired) electrons. The molecule has 0 aliphatic rings. The van der Waals surface area contributed by atoms with Crippen molar-refractivity contribution in [2.24, 2.45) is 0 Å². The van der Waals surface area contributed by atoms with Crippen molar-refractivity contribution >= 4 is 11.8 Å². The number of nitrogens with zero attached hydrogens (tertiary/aromatic N) is 3. The third-order valence-electron chi connectivity index (χ3n) is 2.85. The average molecular weight is 288 g/mol. The van der Waals surface area contributed by atoms with Gasteiger partial charge in [0.25, 0.3) is 0 Å². The van der Waals surface area contributed by atoms with Crippen molar-refractivity contribution in [2.75, 3.05) is 11.9 Å². The fourth-order valence-electron chi connectivity index (χ4n) is 1.62. The molecule has 2 heterocycles. The van der Waals surface area contributed by atoms with Crippen LogP contribution in [0.5, 0.6) is 0 Å². The second kappa shape index (κ2) is 5.84. The van der Waals surface area contributed by atoms with Gasteiger partial charge in [0.2, 0.25) is 0 Å². The first-order chi connectivity index (χ1) is 9.88. The molecule has 0 fully saturated rings. The van der Waals surface area contributed by atoms with E-state index in [-0.39, 0.29) is 6.54 Å². The van der Waals surface area contributed by atoms with Gasteiger partial charge in [0.1, 0.15) is 5.82 Å². The van der Waals surface area contributed by atoms with E-state index in [0.29, 0.717) is 11.6 Å². The molecule has 0 aliphatic heterocycles. The maximum absolute atomic E-state index is 10.9. The highest BCUT2D eigenvalue weighted by Crippen LogP contribution is 2.17. The van der Waals surface area contributed by atoms with Crippen LogP contribution in [0.3, 0.4) is 0 Å². The lowest BCUT2D eigenvalue weighted by molar-refractivity contribution is -0.155. The van der Waals surface area contributed by atoms with E-state index in [1.807, 2.05) is 13.0 Å². The average Bonchev–Trinajstić information content (AvgIpc) is 2.45. The van der Waals surface area contributed by atoms with Crippen LogP contribution >= 0.6 is 0 Å². The summed E-state index contributed by atoms with van der Waals surface area (Å²) in [5.41, 5.74) is -0.386. The first-order valence-electron chi connectivity index (χ1n) is 6.34. The minimum Gasteiger partial charge on any atom is -0.479 e. The zero-order valence-electron chi connectivity index (χ0n) is 11.7. The molecule has 1 unspecified atom stereocenters. The van der Waals surface area contributed by atoms with E-state index < -0.39 is 11.6 Å². The highest BCUT2D eigenvalue weighted by molar-refractivity contribution is 5.77. The van der Waals surface area contributed by atoms with Gasteiger partial charge in [-0.1, -0.05) is 0 Å². The number of aryl methyl sites for hydroxylation is 1. The van der Waals surface area contributed by atoms with Crippen LogP contribution in [0.15, 0.2) is 30.6 Å². The number of rotatable bonds is 5. The number of anilines is 1. The number of hydrogen-bond acceptors (Lipinski definition) is 6. The second-order valence-corrected chi connectivity index (χ2v) is 4.89. The van der Waals surface area contributed by atoms with Crippen molar-refractivity contribution in [1.82, 2.24) is 15.0 Å². The van der Waals surface area contributed by atoms with Gasteiger partial charge in [-0.05, 0) is 26.0 Å². The molecule has 7 nitrogen and oxygen atoms in total. The summed E-state index contributed by atoms with van der Waals surface area (Å²) < 4.78 is 0. The van der Waals surface area contributed by atoms with Gasteiger partial charge in [-0.15, -0.1) is 0 Å². The molecule has 0 amide bonds. The van der Waals surface area contributed by atoms with Crippen LogP contribution in [0.2, 0.25) is 0 Å². The van der Waals surface area contributed by atoms with Gasteiger partial charge in [-0.3, -0.25) is 4.98 Å². The second-order valence-electron chi connectivity index (χ2n) is 4.89. The Morgan fingerprint density at radius 1 is 1.43 bits per heavy atom. The van der Waals surface area contributed by atoms with Crippen molar-refractivity contribution in [3.05, 3.63) is 36.3 Å². The van der Waals surface area contributed by atoms with E-state index in [4.69, 9.17) is 5.11 Å². The Morgan fingerprint density at radius 3 is 2.81 bits per heavy atom. The maximum atomic E-state index is 10.9. The number of aliphatic hydroxyl groups is 1. The van der Waals surface area contributed by atoms with Crippen LogP contribution in [-0.2, 0) is 4.79 Å². The number of carbonyl (C=O) groups is 1. The number of aromatic nitrogens is 3. The van der Waals surface area contributed by atoms with E-state index in [1.165, 1.54) is 6.92 Å². The van der Waals surface area contributed by atoms with Crippen LogP contribution in [-0.4, -0.2) is 43.3 Å². The number of nitrogens with one attached hydrogen (secondary N) is 1. The van der Waals surface area contributed by atoms with E-state index >= 15 is 0 Å². The lowest BCUT2D eigenvalue weighted by Gasteiger charge is -2.19. The molecular formula is C14H16N4O3. The standard InChI is InChI=1S/C14H16N4O3/c1-9-6-11(16-8-14(2,21)13(19)20)18-12(17-9)10-4-3-5-15-7-10/h3-7,21H,8H2,1-2H3,(H,19,20)(H,16,17,18). The van der Waals surface area contributed by atoms with Gasteiger partial charge < -0.3 is 15.5 Å². The lowest BCUT2D eigenvalue weighted by Crippen LogP contribution is -2.42. The third kappa shape index (κ3) is 3.73. The van der Waals surface area contributed by atoms with Gasteiger partial charge in [0, 0.05) is 29.7 Å². The molecule has 2 aromatic rings. The zero-order chi connectivity index (χ0) is 15.5. The van der Waals surface area contributed by atoms with Crippen molar-refractivity contribution in [3.63, 3.8) is 0 Å². The van der Waals surface area contributed by atoms with Gasteiger partial charge in [-0.25, -0.2) is 14.8 Å². The van der Waals surface area contributed by atoms with Crippen LogP contribution < -0.4 is 5.32 Å². The van der Waals surface area contributed by atoms with Crippen molar-refractivity contribution in [2.45, 2.75) is 19.4 Å². The fourth-order valence-corrected chi connectivity index (χ4v) is 1.62. The van der Waals surface area contributed by atoms with Crippen molar-refractivity contribution in [3.8, 4) is 11.4 Å². The maximum Gasteiger partial charge on any atom is 0.337 e. The highest BCUT2D eigenvalue weighted by atomic mass is 16.4. The molecule has 7 heteroatoms. The summed E-state index contributed by atoms with van der Waals surface area (Å²) in [6.45, 7) is 2.87. The topological polar surface area (TPSA) is 108 Å². The van der Waals surface area contributed by atoms with Crippen LogP contribution in [0.4, 0.5) is 5.82 Å². The van der Waals surface area contributed by atoms with E-state index in [1.54, 1.807) is 24.5 Å². The summed E-state index contributed by atoms with van der Waals surface area (Å²) in [6, 6.07) is 5.29. The highest BCUT2D eigenvalue weighted by Gasteiger charge is 2.29. The predicted octanol–water partition coefficient (Wildman–Crippen LogP) is 1.09. The summed E-state index contributed by atoms with van der Waals surface area (Å²) in [5.74, 6) is -0.364. The molecule has 110 valence electrons. The van der Waals surface area contributed by atoms with Gasteiger partial charge in [-0.2, -0.15) is 0 Å². The first kappa shape index (κ1) is 14.9. The predicted molar refractivity (Wildman–Crippen MR) is 76.7 cm³/mol. The number of carboxylic acid groups (broad SMARTS) is 1. The SMILES string of the molecule is Cc1cc(NCC(C)(O)C(=O)O)nc(-c2cccnc2)n1. The summed E-state index contributed by atoms with van der Waals surface area (Å²) in [6.07, 6.45) is 3.30. The molecule has 0 saturated carbocycles. The smallest absolute Gasteiger partial charge is 0.337 e. The molecule has 0 aromatic carbocycles. The van der Waals surface area contributed by atoms with E-state index in [0.717, 1.165) is 11.3 Å². The Bertz CT molecular complexity index is 644. The molecule has 1 atom stereocenters. The minimum absolute atomic E-state index is 0.161. The first-order valence-corrected chi connectivity index (χ1v) is 6.34. The Hall–Kier alpha value is -2.54. The molecule has 0 saturated heterocycles. The monoisotopic (exact) mass is 288 g/mol. The number of pyridine rings is 1. The number of hydrogen-bond donors (Lipinski definition) is 3. The van der Waals surface area contributed by atoms with Crippen LogP contribution in [0, 0.1) is 6.92 Å². The van der Waals surface area contributed by atoms with E-state index in [2.05, 4.69) is 20.3 Å². The minimum atomic E-state index is -1.87.